The number of phosphoric ester groups is 2. The molecule has 636 valence electrons. The summed E-state index contributed by atoms with van der Waals surface area (Å²) in [6, 6.07) is 0. The second-order valence-corrected chi connectivity index (χ2v) is 34.8. The van der Waals surface area contributed by atoms with Crippen LogP contribution >= 0.6 is 15.6 Å². The van der Waals surface area contributed by atoms with Gasteiger partial charge in [0.05, 0.1) is 26.4 Å². The van der Waals surface area contributed by atoms with Gasteiger partial charge in [0, 0.05) is 25.7 Å². The lowest BCUT2D eigenvalue weighted by atomic mass is 9.99. The van der Waals surface area contributed by atoms with Crippen LogP contribution in [0.2, 0.25) is 0 Å². The van der Waals surface area contributed by atoms with Crippen LogP contribution in [0.5, 0.6) is 0 Å². The highest BCUT2D eigenvalue weighted by Gasteiger charge is 2.30. The van der Waals surface area contributed by atoms with E-state index in [4.69, 9.17) is 37.0 Å². The van der Waals surface area contributed by atoms with Gasteiger partial charge < -0.3 is 33.8 Å². The van der Waals surface area contributed by atoms with Crippen LogP contribution in [-0.4, -0.2) is 96.7 Å². The predicted molar refractivity (Wildman–Crippen MR) is 442 cm³/mol. The van der Waals surface area contributed by atoms with Crippen LogP contribution in [-0.2, 0) is 65.4 Å². The molecule has 0 fully saturated rings. The smallest absolute Gasteiger partial charge is 0.462 e. The number of hydrogen-bond donors (Lipinski definition) is 3. The molecular weight excluding hydrogens is 1390 g/mol. The standard InChI is InChI=1S/C88H172O17P2/c1-6-10-13-16-19-22-25-27-29-31-33-35-37-39-41-43-46-52-57-62-67-72-86(91)99-78-83(104-87(92)73-68-63-58-53-47-44-42-40-38-36-34-32-30-28-26-23-20-17-14-11-7-2)79-102-106(94,95)100-75-82(89)76-101-107(96,97)103-80-84(77-98-85(90)71-66-61-56-51-45-24-21-18-15-12-8-3)105-88(93)74-69-64-59-54-49-48-50-55-60-65-70-81(5)9-4/h81-84,89H,6-80H2,1-5H3,(H,94,95)(H,96,97)/t81?,82-,83-,84-/m1/s1. The number of esters is 4. The first kappa shape index (κ1) is 105. The zero-order valence-electron chi connectivity index (χ0n) is 70.3. The molecule has 0 bridgehead atoms. The Morgan fingerprint density at radius 3 is 0.664 bits per heavy atom. The number of carbonyl (C=O) groups is 4. The van der Waals surface area contributed by atoms with Crippen molar-refractivity contribution in [3.05, 3.63) is 0 Å². The molecule has 0 radical (unpaired) electrons. The Labute approximate surface area is 658 Å². The number of rotatable bonds is 88. The Bertz CT molecular complexity index is 2030. The molecule has 0 aliphatic heterocycles. The van der Waals surface area contributed by atoms with Crippen molar-refractivity contribution in [3.8, 4) is 0 Å². The molecule has 0 amide bonds. The summed E-state index contributed by atoms with van der Waals surface area (Å²) in [5.74, 6) is -1.30. The molecule has 0 aromatic heterocycles. The summed E-state index contributed by atoms with van der Waals surface area (Å²) in [6.07, 6.45) is 75.1. The van der Waals surface area contributed by atoms with Crippen LogP contribution in [0.3, 0.4) is 0 Å². The highest BCUT2D eigenvalue weighted by molar-refractivity contribution is 7.47. The number of phosphoric acid groups is 2. The molecule has 0 aromatic carbocycles. The van der Waals surface area contributed by atoms with Gasteiger partial charge in [-0.05, 0) is 31.6 Å². The number of ether oxygens (including phenoxy) is 4. The monoisotopic (exact) mass is 1560 g/mol. The maximum Gasteiger partial charge on any atom is 0.472 e. The number of carbonyl (C=O) groups excluding carboxylic acids is 4. The molecule has 3 unspecified atom stereocenters. The maximum absolute atomic E-state index is 13.2. The van der Waals surface area contributed by atoms with E-state index in [9.17, 15) is 43.2 Å². The van der Waals surface area contributed by atoms with Gasteiger partial charge >= 0.3 is 39.5 Å². The van der Waals surface area contributed by atoms with Crippen LogP contribution in [0.4, 0.5) is 0 Å². The molecule has 0 saturated heterocycles. The van der Waals surface area contributed by atoms with Crippen molar-refractivity contribution in [1.29, 1.82) is 0 Å². The molecule has 0 aliphatic carbocycles. The molecule has 0 heterocycles. The van der Waals surface area contributed by atoms with E-state index in [1.807, 2.05) is 0 Å². The van der Waals surface area contributed by atoms with E-state index in [0.717, 1.165) is 95.8 Å². The second kappa shape index (κ2) is 80.7. The molecule has 0 rings (SSSR count). The topological polar surface area (TPSA) is 237 Å². The second-order valence-electron chi connectivity index (χ2n) is 31.9. The van der Waals surface area contributed by atoms with Crippen molar-refractivity contribution >= 4 is 39.5 Å². The Balaban J connectivity index is 5.22. The van der Waals surface area contributed by atoms with Crippen molar-refractivity contribution in [2.45, 2.75) is 496 Å². The largest absolute Gasteiger partial charge is 0.472 e. The van der Waals surface area contributed by atoms with Gasteiger partial charge in [-0.2, -0.15) is 0 Å². The molecule has 0 aromatic rings. The fourth-order valence-electron chi connectivity index (χ4n) is 13.8. The third-order valence-corrected chi connectivity index (χ3v) is 23.0. The van der Waals surface area contributed by atoms with Crippen molar-refractivity contribution in [2.75, 3.05) is 39.6 Å². The fraction of sp³-hybridized carbons (Fsp3) is 0.955. The first-order chi connectivity index (χ1) is 52.1. The van der Waals surface area contributed by atoms with Crippen LogP contribution in [0.1, 0.15) is 478 Å². The minimum absolute atomic E-state index is 0.107. The van der Waals surface area contributed by atoms with Gasteiger partial charge in [0.15, 0.2) is 12.2 Å². The zero-order valence-corrected chi connectivity index (χ0v) is 72.1. The summed E-state index contributed by atoms with van der Waals surface area (Å²) in [6.45, 7) is 7.39. The summed E-state index contributed by atoms with van der Waals surface area (Å²) in [5, 5.41) is 10.7. The minimum Gasteiger partial charge on any atom is -0.462 e. The van der Waals surface area contributed by atoms with E-state index in [-0.39, 0.29) is 25.7 Å². The first-order valence-electron chi connectivity index (χ1n) is 45.7. The summed E-state index contributed by atoms with van der Waals surface area (Å²) < 4.78 is 68.9. The first-order valence-corrected chi connectivity index (χ1v) is 48.7. The van der Waals surface area contributed by atoms with Crippen molar-refractivity contribution in [2.24, 2.45) is 5.92 Å². The van der Waals surface area contributed by atoms with Crippen LogP contribution in [0.15, 0.2) is 0 Å². The SMILES string of the molecule is CCCCCCCCCCCCCCCCCCCCCCCC(=O)OC[C@H](COP(=O)(O)OC[C@@H](O)COP(=O)(O)OC[C@@H](COC(=O)CCCCCCCCCCCCC)OC(=O)CCCCCCCCCCCCC(C)CC)OC(=O)CCCCCCCCCCCCCCCCCCCCCCC. The maximum atomic E-state index is 13.2. The van der Waals surface area contributed by atoms with E-state index < -0.39 is 97.5 Å². The Kier molecular flexibility index (Phi) is 79.2. The third kappa shape index (κ3) is 80.5. The van der Waals surface area contributed by atoms with Gasteiger partial charge in [-0.3, -0.25) is 37.3 Å². The molecule has 0 aliphatic rings. The molecule has 3 N–H and O–H groups in total. The third-order valence-electron chi connectivity index (χ3n) is 21.1. The lowest BCUT2D eigenvalue weighted by molar-refractivity contribution is -0.161. The van der Waals surface area contributed by atoms with E-state index in [1.54, 1.807) is 0 Å². The van der Waals surface area contributed by atoms with Gasteiger partial charge in [-0.1, -0.05) is 426 Å². The molecule has 0 saturated carbocycles. The summed E-state index contributed by atoms with van der Waals surface area (Å²) in [7, 11) is -9.93. The van der Waals surface area contributed by atoms with E-state index >= 15 is 0 Å². The molecule has 0 spiro atoms. The van der Waals surface area contributed by atoms with Crippen LogP contribution in [0, 0.1) is 5.92 Å². The molecule has 107 heavy (non-hydrogen) atoms. The highest BCUT2D eigenvalue weighted by atomic mass is 31.2. The Hall–Kier alpha value is -1.94. The van der Waals surface area contributed by atoms with Crippen LogP contribution in [0.25, 0.3) is 0 Å². The highest BCUT2D eigenvalue weighted by Crippen LogP contribution is 2.45. The van der Waals surface area contributed by atoms with Gasteiger partial charge in [0.1, 0.15) is 19.3 Å². The summed E-state index contributed by atoms with van der Waals surface area (Å²) in [4.78, 5) is 73.3. The van der Waals surface area contributed by atoms with Crippen molar-refractivity contribution in [1.82, 2.24) is 0 Å². The van der Waals surface area contributed by atoms with E-state index in [2.05, 4.69) is 34.6 Å². The van der Waals surface area contributed by atoms with Gasteiger partial charge in [-0.15, -0.1) is 0 Å². The quantitative estimate of drug-likeness (QED) is 0.0222. The van der Waals surface area contributed by atoms with Crippen molar-refractivity contribution < 1.29 is 80.2 Å². The Morgan fingerprint density at radius 1 is 0.262 bits per heavy atom. The normalized spacial score (nSPS) is 14.0. The van der Waals surface area contributed by atoms with E-state index in [1.165, 1.54) is 302 Å². The molecule has 6 atom stereocenters. The predicted octanol–water partition coefficient (Wildman–Crippen LogP) is 27.2. The van der Waals surface area contributed by atoms with E-state index in [0.29, 0.717) is 25.7 Å². The Morgan fingerprint density at radius 2 is 0.449 bits per heavy atom. The minimum atomic E-state index is -4.97. The van der Waals surface area contributed by atoms with Gasteiger partial charge in [0.25, 0.3) is 0 Å². The number of aliphatic hydroxyl groups is 1. The summed E-state index contributed by atoms with van der Waals surface area (Å²) in [5.41, 5.74) is 0. The lowest BCUT2D eigenvalue weighted by Crippen LogP contribution is -2.30. The number of aliphatic hydroxyl groups excluding tert-OH is 1. The average Bonchev–Trinajstić information content (AvgIpc) is 0.903. The number of unbranched alkanes of at least 4 members (excludes halogenated alkanes) is 59. The van der Waals surface area contributed by atoms with Crippen LogP contribution < -0.4 is 0 Å². The van der Waals surface area contributed by atoms with Crippen molar-refractivity contribution in [3.63, 3.8) is 0 Å². The number of hydrogen-bond acceptors (Lipinski definition) is 15. The zero-order chi connectivity index (χ0) is 78.3. The van der Waals surface area contributed by atoms with Gasteiger partial charge in [0.2, 0.25) is 0 Å². The fourth-order valence-corrected chi connectivity index (χ4v) is 15.4. The van der Waals surface area contributed by atoms with Gasteiger partial charge in [-0.25, -0.2) is 9.13 Å². The molecule has 19 heteroatoms. The lowest BCUT2D eigenvalue weighted by Gasteiger charge is -2.21. The molecular formula is C88H172O17P2. The summed E-state index contributed by atoms with van der Waals surface area (Å²) >= 11 is 0. The average molecular weight is 1560 g/mol. The molecule has 17 nitrogen and oxygen atoms in total.